The van der Waals surface area contributed by atoms with E-state index in [1.54, 1.807) is 11.3 Å². The molecule has 0 saturated heterocycles. The normalized spacial score (nSPS) is 11.9. The highest BCUT2D eigenvalue weighted by Crippen LogP contribution is 2.15. The molecular formula is C14H25N3OS. The van der Waals surface area contributed by atoms with Crippen LogP contribution in [0.1, 0.15) is 45.3 Å². The summed E-state index contributed by atoms with van der Waals surface area (Å²) >= 11 is 1.61. The molecule has 0 bridgehead atoms. The number of nitrogens with one attached hydrogen (secondary N) is 1. The van der Waals surface area contributed by atoms with Gasteiger partial charge in [-0.2, -0.15) is 0 Å². The first-order valence-electron chi connectivity index (χ1n) is 6.80. The highest BCUT2D eigenvalue weighted by molar-refractivity contribution is 7.09. The van der Waals surface area contributed by atoms with E-state index in [2.05, 4.69) is 34.4 Å². The summed E-state index contributed by atoms with van der Waals surface area (Å²) in [6.07, 6.45) is 0. The third-order valence-corrected chi connectivity index (χ3v) is 3.86. The fourth-order valence-corrected chi connectivity index (χ4v) is 2.32. The Hall–Kier alpha value is -0.940. The molecule has 0 fully saturated rings. The molecule has 1 aromatic heterocycles. The topological polar surface area (TPSA) is 45.2 Å². The number of thiazole rings is 1. The molecule has 1 rings (SSSR count). The van der Waals surface area contributed by atoms with Crippen molar-refractivity contribution in [3.8, 4) is 0 Å². The van der Waals surface area contributed by atoms with Gasteiger partial charge in [0.05, 0.1) is 12.2 Å². The summed E-state index contributed by atoms with van der Waals surface area (Å²) in [4.78, 5) is 18.7. The predicted molar refractivity (Wildman–Crippen MR) is 80.0 cm³/mol. The fraction of sp³-hybridized carbons (Fsp3) is 0.714. The Morgan fingerprint density at radius 2 is 2.00 bits per heavy atom. The van der Waals surface area contributed by atoms with Crippen LogP contribution in [0, 0.1) is 5.41 Å². The van der Waals surface area contributed by atoms with Crippen molar-refractivity contribution in [2.75, 3.05) is 13.1 Å². The lowest BCUT2D eigenvalue weighted by molar-refractivity contribution is -0.128. The van der Waals surface area contributed by atoms with Gasteiger partial charge in [0.1, 0.15) is 5.01 Å². The second-order valence-electron chi connectivity index (χ2n) is 5.63. The van der Waals surface area contributed by atoms with Crippen LogP contribution in [-0.2, 0) is 17.9 Å². The zero-order chi connectivity index (χ0) is 14.5. The molecule has 4 nitrogen and oxygen atoms in total. The predicted octanol–water partition coefficient (Wildman–Crippen LogP) is 2.65. The fourth-order valence-electron chi connectivity index (χ4n) is 1.60. The van der Waals surface area contributed by atoms with Crippen LogP contribution in [0.3, 0.4) is 0 Å². The molecule has 1 amide bonds. The van der Waals surface area contributed by atoms with Crippen LogP contribution >= 0.6 is 11.3 Å². The molecule has 0 aromatic carbocycles. The first kappa shape index (κ1) is 16.1. The molecule has 0 atom stereocenters. The molecule has 0 aliphatic heterocycles. The van der Waals surface area contributed by atoms with Crippen LogP contribution in [0.2, 0.25) is 0 Å². The largest absolute Gasteiger partial charge is 0.349 e. The van der Waals surface area contributed by atoms with E-state index >= 15 is 0 Å². The number of rotatable bonds is 6. The number of carbonyl (C=O) groups is 1. The lowest BCUT2D eigenvalue weighted by Crippen LogP contribution is -2.34. The second kappa shape index (κ2) is 7.01. The van der Waals surface area contributed by atoms with Crippen molar-refractivity contribution < 1.29 is 4.79 Å². The standard InChI is InChI=1S/C14H25N3OS/c1-6-17(7-2)9-11-10-19-12(16-11)8-15-13(18)14(3,4)5/h10H,6-9H2,1-5H3,(H,15,18). The number of nitrogens with zero attached hydrogens (tertiary/aromatic N) is 2. The van der Waals surface area contributed by atoms with Crippen LogP contribution in [0.25, 0.3) is 0 Å². The van der Waals surface area contributed by atoms with Crippen molar-refractivity contribution in [1.82, 2.24) is 15.2 Å². The van der Waals surface area contributed by atoms with Crippen LogP contribution in [0.15, 0.2) is 5.38 Å². The minimum Gasteiger partial charge on any atom is -0.349 e. The average molecular weight is 283 g/mol. The zero-order valence-electron chi connectivity index (χ0n) is 12.6. The Labute approximate surface area is 120 Å². The van der Waals surface area contributed by atoms with Gasteiger partial charge in [0.25, 0.3) is 0 Å². The molecule has 0 unspecified atom stereocenters. The molecule has 1 heterocycles. The van der Waals surface area contributed by atoms with E-state index in [0.29, 0.717) is 6.54 Å². The van der Waals surface area contributed by atoms with E-state index in [0.717, 1.165) is 30.3 Å². The summed E-state index contributed by atoms with van der Waals surface area (Å²) in [6.45, 7) is 13.5. The van der Waals surface area contributed by atoms with E-state index in [4.69, 9.17) is 0 Å². The number of carbonyl (C=O) groups excluding carboxylic acids is 1. The van der Waals surface area contributed by atoms with E-state index in [1.807, 2.05) is 20.8 Å². The van der Waals surface area contributed by atoms with E-state index in [9.17, 15) is 4.79 Å². The lowest BCUT2D eigenvalue weighted by atomic mass is 9.96. The number of hydrogen-bond donors (Lipinski definition) is 1. The molecule has 1 N–H and O–H groups in total. The average Bonchev–Trinajstić information content (AvgIpc) is 2.79. The Kier molecular flexibility index (Phi) is 5.94. The molecule has 1 aromatic rings. The van der Waals surface area contributed by atoms with Gasteiger partial charge >= 0.3 is 0 Å². The van der Waals surface area contributed by atoms with E-state index in [1.165, 1.54) is 0 Å². The van der Waals surface area contributed by atoms with Gasteiger partial charge in [-0.05, 0) is 13.1 Å². The van der Waals surface area contributed by atoms with Crippen molar-refractivity contribution >= 4 is 17.2 Å². The number of hydrogen-bond acceptors (Lipinski definition) is 4. The quantitative estimate of drug-likeness (QED) is 0.873. The molecule has 0 saturated carbocycles. The van der Waals surface area contributed by atoms with Crippen molar-refractivity contribution in [3.63, 3.8) is 0 Å². The monoisotopic (exact) mass is 283 g/mol. The van der Waals surface area contributed by atoms with Crippen molar-refractivity contribution in [3.05, 3.63) is 16.1 Å². The minimum atomic E-state index is -0.346. The van der Waals surface area contributed by atoms with Crippen LogP contribution in [0.5, 0.6) is 0 Å². The van der Waals surface area contributed by atoms with Crippen LogP contribution in [-0.4, -0.2) is 28.9 Å². The van der Waals surface area contributed by atoms with Gasteiger partial charge in [0.2, 0.25) is 5.91 Å². The van der Waals surface area contributed by atoms with Crippen LogP contribution in [0.4, 0.5) is 0 Å². The zero-order valence-corrected chi connectivity index (χ0v) is 13.4. The summed E-state index contributed by atoms with van der Waals surface area (Å²) in [7, 11) is 0. The van der Waals surface area contributed by atoms with Gasteiger partial charge in [-0.1, -0.05) is 34.6 Å². The molecule has 108 valence electrons. The van der Waals surface area contributed by atoms with Gasteiger partial charge in [-0.15, -0.1) is 11.3 Å². The van der Waals surface area contributed by atoms with E-state index < -0.39 is 0 Å². The van der Waals surface area contributed by atoms with Gasteiger partial charge in [-0.25, -0.2) is 4.98 Å². The summed E-state index contributed by atoms with van der Waals surface area (Å²) in [5.41, 5.74) is 0.745. The Morgan fingerprint density at radius 1 is 1.37 bits per heavy atom. The Bertz CT molecular complexity index is 405. The SMILES string of the molecule is CCN(CC)Cc1csc(CNC(=O)C(C)(C)C)n1. The Balaban J connectivity index is 2.49. The molecule has 19 heavy (non-hydrogen) atoms. The van der Waals surface area contributed by atoms with Crippen LogP contribution < -0.4 is 5.32 Å². The second-order valence-corrected chi connectivity index (χ2v) is 6.57. The van der Waals surface area contributed by atoms with Gasteiger partial charge in [-0.3, -0.25) is 9.69 Å². The third-order valence-electron chi connectivity index (χ3n) is 2.96. The first-order chi connectivity index (χ1) is 8.86. The summed E-state index contributed by atoms with van der Waals surface area (Å²) in [6, 6.07) is 0. The molecule has 5 heteroatoms. The minimum absolute atomic E-state index is 0.0630. The van der Waals surface area contributed by atoms with Crippen molar-refractivity contribution in [2.24, 2.45) is 5.41 Å². The van der Waals surface area contributed by atoms with E-state index in [-0.39, 0.29) is 11.3 Å². The maximum Gasteiger partial charge on any atom is 0.225 e. The highest BCUT2D eigenvalue weighted by Gasteiger charge is 2.20. The summed E-state index contributed by atoms with van der Waals surface area (Å²) in [5, 5.41) is 5.98. The smallest absolute Gasteiger partial charge is 0.225 e. The maximum absolute atomic E-state index is 11.8. The lowest BCUT2D eigenvalue weighted by Gasteiger charge is -2.17. The number of amides is 1. The van der Waals surface area contributed by atoms with Gasteiger partial charge in [0, 0.05) is 17.3 Å². The maximum atomic E-state index is 11.8. The van der Waals surface area contributed by atoms with Crippen molar-refractivity contribution in [2.45, 2.75) is 47.7 Å². The van der Waals surface area contributed by atoms with Gasteiger partial charge < -0.3 is 5.32 Å². The first-order valence-corrected chi connectivity index (χ1v) is 7.68. The molecule has 0 aliphatic rings. The Morgan fingerprint density at radius 3 is 2.53 bits per heavy atom. The molecular weight excluding hydrogens is 258 g/mol. The summed E-state index contributed by atoms with van der Waals surface area (Å²) in [5.74, 6) is 0.0630. The molecule has 0 spiro atoms. The van der Waals surface area contributed by atoms with Gasteiger partial charge in [0.15, 0.2) is 0 Å². The summed E-state index contributed by atoms with van der Waals surface area (Å²) < 4.78 is 0. The third kappa shape index (κ3) is 5.28. The number of aromatic nitrogens is 1. The highest BCUT2D eigenvalue weighted by atomic mass is 32.1. The van der Waals surface area contributed by atoms with Crippen molar-refractivity contribution in [1.29, 1.82) is 0 Å². The molecule has 0 aliphatic carbocycles. The molecule has 0 radical (unpaired) electrons.